The molecular weight excluding hydrogens is 247 g/mol. The number of nitrogens with zero attached hydrogens (tertiary/aromatic N) is 1. The van der Waals surface area contributed by atoms with Crippen LogP contribution in [0.25, 0.3) is 0 Å². The molecule has 2 rings (SSSR count). The third-order valence-electron chi connectivity index (χ3n) is 2.63. The smallest absolute Gasteiger partial charge is 0.338 e. The summed E-state index contributed by atoms with van der Waals surface area (Å²) in [6, 6.07) is 9.72. The van der Waals surface area contributed by atoms with Gasteiger partial charge < -0.3 is 10.4 Å². The first-order chi connectivity index (χ1) is 9.16. The molecule has 0 spiro atoms. The average molecular weight is 260 g/mol. The van der Waals surface area contributed by atoms with Crippen LogP contribution in [0.3, 0.4) is 0 Å². The molecule has 19 heavy (non-hydrogen) atoms. The highest BCUT2D eigenvalue weighted by Crippen LogP contribution is 2.10. The second kappa shape index (κ2) is 6.06. The third-order valence-corrected chi connectivity index (χ3v) is 2.63. The van der Waals surface area contributed by atoms with Crippen LogP contribution in [0.1, 0.15) is 21.6 Å². The molecule has 0 aliphatic carbocycles. The zero-order valence-electron chi connectivity index (χ0n) is 10.1. The van der Waals surface area contributed by atoms with Crippen LogP contribution >= 0.6 is 0 Å². The summed E-state index contributed by atoms with van der Waals surface area (Å²) >= 11 is 0. The lowest BCUT2D eigenvalue weighted by Gasteiger charge is -2.05. The fraction of sp³-hybridized carbons (Fsp3) is 0.143. The zero-order valence-corrected chi connectivity index (χ0v) is 10.1. The van der Waals surface area contributed by atoms with E-state index in [9.17, 15) is 9.18 Å². The molecule has 0 bridgehead atoms. The Kier molecular flexibility index (Phi) is 4.20. The van der Waals surface area contributed by atoms with Crippen LogP contribution in [0.4, 0.5) is 4.39 Å². The summed E-state index contributed by atoms with van der Waals surface area (Å²) in [7, 11) is 0. The van der Waals surface area contributed by atoms with E-state index in [4.69, 9.17) is 5.11 Å². The van der Waals surface area contributed by atoms with E-state index in [0.717, 1.165) is 5.69 Å². The molecule has 5 heteroatoms. The highest BCUT2D eigenvalue weighted by atomic mass is 19.1. The van der Waals surface area contributed by atoms with Gasteiger partial charge in [0.1, 0.15) is 5.82 Å². The normalized spacial score (nSPS) is 10.4. The van der Waals surface area contributed by atoms with Crippen LogP contribution in [0, 0.1) is 5.82 Å². The molecule has 0 aliphatic rings. The second-order valence-corrected chi connectivity index (χ2v) is 4.04. The predicted molar refractivity (Wildman–Crippen MR) is 68.1 cm³/mol. The van der Waals surface area contributed by atoms with Gasteiger partial charge in [0, 0.05) is 19.3 Å². The fourth-order valence-electron chi connectivity index (χ4n) is 1.68. The molecule has 0 atom stereocenters. The van der Waals surface area contributed by atoms with Gasteiger partial charge in [-0.2, -0.15) is 0 Å². The second-order valence-electron chi connectivity index (χ2n) is 4.04. The standard InChI is InChI=1S/C14H13FN2O2/c15-13-7-10(4-5-12(13)14(18)19)8-16-9-11-3-1-2-6-17-11/h1-7,16H,8-9H2,(H,18,19). The number of pyridine rings is 1. The van der Waals surface area contributed by atoms with Crippen molar-refractivity contribution in [2.75, 3.05) is 0 Å². The van der Waals surface area contributed by atoms with Gasteiger partial charge in [-0.1, -0.05) is 12.1 Å². The van der Waals surface area contributed by atoms with Gasteiger partial charge in [0.05, 0.1) is 11.3 Å². The van der Waals surface area contributed by atoms with Gasteiger partial charge in [-0.3, -0.25) is 4.98 Å². The van der Waals surface area contributed by atoms with Crippen molar-refractivity contribution in [1.82, 2.24) is 10.3 Å². The summed E-state index contributed by atoms with van der Waals surface area (Å²) in [6.45, 7) is 1.02. The Balaban J connectivity index is 1.93. The molecule has 98 valence electrons. The number of hydrogen-bond acceptors (Lipinski definition) is 3. The number of hydrogen-bond donors (Lipinski definition) is 2. The Bertz CT molecular complexity index is 573. The molecule has 0 saturated carbocycles. The van der Waals surface area contributed by atoms with Gasteiger partial charge in [-0.15, -0.1) is 0 Å². The van der Waals surface area contributed by atoms with E-state index in [1.807, 2.05) is 18.2 Å². The third kappa shape index (κ3) is 3.59. The minimum atomic E-state index is -1.26. The van der Waals surface area contributed by atoms with Crippen molar-refractivity contribution in [3.8, 4) is 0 Å². The summed E-state index contributed by atoms with van der Waals surface area (Å²) in [5.74, 6) is -1.98. The first kappa shape index (κ1) is 13.2. The summed E-state index contributed by atoms with van der Waals surface area (Å²) in [5, 5.41) is 11.8. The molecular formula is C14H13FN2O2. The molecule has 1 aromatic heterocycles. The number of aromatic carboxylic acids is 1. The van der Waals surface area contributed by atoms with Crippen molar-refractivity contribution in [2.45, 2.75) is 13.1 Å². The number of halogens is 1. The van der Waals surface area contributed by atoms with E-state index in [0.29, 0.717) is 18.7 Å². The van der Waals surface area contributed by atoms with Gasteiger partial charge in [0.15, 0.2) is 0 Å². The Morgan fingerprint density at radius 3 is 2.74 bits per heavy atom. The minimum absolute atomic E-state index is 0.312. The Labute approximate surface area is 109 Å². The van der Waals surface area contributed by atoms with Crippen LogP contribution < -0.4 is 5.32 Å². The van der Waals surface area contributed by atoms with Crippen molar-refractivity contribution >= 4 is 5.97 Å². The molecule has 0 amide bonds. The number of aromatic nitrogens is 1. The van der Waals surface area contributed by atoms with Crippen molar-refractivity contribution in [3.63, 3.8) is 0 Å². The van der Waals surface area contributed by atoms with Gasteiger partial charge in [-0.25, -0.2) is 9.18 Å². The summed E-state index contributed by atoms with van der Waals surface area (Å²) < 4.78 is 13.4. The lowest BCUT2D eigenvalue weighted by Crippen LogP contribution is -2.14. The molecule has 0 saturated heterocycles. The highest BCUT2D eigenvalue weighted by Gasteiger charge is 2.09. The first-order valence-corrected chi connectivity index (χ1v) is 5.79. The highest BCUT2D eigenvalue weighted by molar-refractivity contribution is 5.87. The number of rotatable bonds is 5. The molecule has 1 heterocycles. The van der Waals surface area contributed by atoms with Crippen LogP contribution in [-0.2, 0) is 13.1 Å². The average Bonchev–Trinajstić information content (AvgIpc) is 2.39. The first-order valence-electron chi connectivity index (χ1n) is 5.79. The van der Waals surface area contributed by atoms with E-state index in [-0.39, 0.29) is 5.56 Å². The van der Waals surface area contributed by atoms with Crippen LogP contribution in [0.2, 0.25) is 0 Å². The van der Waals surface area contributed by atoms with Crippen LogP contribution in [0.5, 0.6) is 0 Å². The van der Waals surface area contributed by atoms with Gasteiger partial charge in [-0.05, 0) is 29.8 Å². The van der Waals surface area contributed by atoms with Crippen molar-refractivity contribution in [1.29, 1.82) is 0 Å². The number of nitrogens with one attached hydrogen (secondary N) is 1. The van der Waals surface area contributed by atoms with E-state index >= 15 is 0 Å². The van der Waals surface area contributed by atoms with Crippen molar-refractivity contribution in [2.24, 2.45) is 0 Å². The minimum Gasteiger partial charge on any atom is -0.478 e. The molecule has 0 radical (unpaired) electrons. The predicted octanol–water partition coefficient (Wildman–Crippen LogP) is 2.21. The van der Waals surface area contributed by atoms with Gasteiger partial charge in [0.25, 0.3) is 0 Å². The van der Waals surface area contributed by atoms with Crippen LogP contribution in [0.15, 0.2) is 42.6 Å². The monoisotopic (exact) mass is 260 g/mol. The van der Waals surface area contributed by atoms with E-state index < -0.39 is 11.8 Å². The SMILES string of the molecule is O=C(O)c1ccc(CNCc2ccccn2)cc1F. The van der Waals surface area contributed by atoms with Gasteiger partial charge in [0.2, 0.25) is 0 Å². The Hall–Kier alpha value is -2.27. The molecule has 0 aliphatic heterocycles. The molecule has 2 N–H and O–H groups in total. The molecule has 0 unspecified atom stereocenters. The van der Waals surface area contributed by atoms with Crippen molar-refractivity contribution < 1.29 is 14.3 Å². The molecule has 1 aromatic carbocycles. The summed E-state index contributed by atoms with van der Waals surface area (Å²) in [6.07, 6.45) is 1.71. The number of carboxylic acid groups (broad SMARTS) is 1. The Morgan fingerprint density at radius 2 is 2.11 bits per heavy atom. The quantitative estimate of drug-likeness (QED) is 0.865. The zero-order chi connectivity index (χ0) is 13.7. The largest absolute Gasteiger partial charge is 0.478 e. The van der Waals surface area contributed by atoms with Crippen molar-refractivity contribution in [3.05, 3.63) is 65.2 Å². The maximum Gasteiger partial charge on any atom is 0.338 e. The molecule has 2 aromatic rings. The van der Waals surface area contributed by atoms with E-state index in [1.54, 1.807) is 12.3 Å². The lowest BCUT2D eigenvalue weighted by molar-refractivity contribution is 0.0692. The van der Waals surface area contributed by atoms with E-state index in [2.05, 4.69) is 10.3 Å². The van der Waals surface area contributed by atoms with Gasteiger partial charge >= 0.3 is 5.97 Å². The van der Waals surface area contributed by atoms with Crippen LogP contribution in [-0.4, -0.2) is 16.1 Å². The Morgan fingerprint density at radius 1 is 1.26 bits per heavy atom. The summed E-state index contributed by atoms with van der Waals surface area (Å²) in [4.78, 5) is 14.8. The molecule has 0 fully saturated rings. The number of carboxylic acids is 1. The molecule has 4 nitrogen and oxygen atoms in total. The maximum atomic E-state index is 13.4. The van der Waals surface area contributed by atoms with E-state index in [1.165, 1.54) is 12.1 Å². The number of benzene rings is 1. The topological polar surface area (TPSA) is 62.2 Å². The maximum absolute atomic E-state index is 13.4. The fourth-order valence-corrected chi connectivity index (χ4v) is 1.68. The summed E-state index contributed by atoms with van der Waals surface area (Å²) in [5.41, 5.74) is 1.28. The number of carbonyl (C=O) groups is 1. The lowest BCUT2D eigenvalue weighted by atomic mass is 10.1.